The summed E-state index contributed by atoms with van der Waals surface area (Å²) in [7, 11) is -4.03. The summed E-state index contributed by atoms with van der Waals surface area (Å²) >= 11 is 0. The van der Waals surface area contributed by atoms with Gasteiger partial charge in [-0.15, -0.1) is 0 Å². The summed E-state index contributed by atoms with van der Waals surface area (Å²) in [5.74, 6) is -0.432. The molecule has 0 aliphatic carbocycles. The van der Waals surface area contributed by atoms with Gasteiger partial charge in [-0.3, -0.25) is 14.9 Å². The first-order chi connectivity index (χ1) is 12.9. The van der Waals surface area contributed by atoms with E-state index in [9.17, 15) is 23.3 Å². The fraction of sp³-hybridized carbons (Fsp3) is 0.167. The fourth-order valence-electron chi connectivity index (χ4n) is 2.82. The average molecular weight is 387 g/mol. The molecule has 2 aromatic carbocycles. The highest BCUT2D eigenvalue weighted by Crippen LogP contribution is 2.23. The molecular weight excluding hydrogens is 370 g/mol. The highest BCUT2D eigenvalue weighted by molar-refractivity contribution is 7.89. The number of nitrogens with one attached hydrogen (secondary N) is 1. The third-order valence-electron chi connectivity index (χ3n) is 4.21. The Morgan fingerprint density at radius 2 is 1.78 bits per heavy atom. The molecule has 0 fully saturated rings. The van der Waals surface area contributed by atoms with Gasteiger partial charge < -0.3 is 5.32 Å². The van der Waals surface area contributed by atoms with Crippen LogP contribution in [-0.4, -0.2) is 36.1 Å². The summed E-state index contributed by atoms with van der Waals surface area (Å²) in [6, 6.07) is 12.8. The van der Waals surface area contributed by atoms with E-state index in [1.165, 1.54) is 18.3 Å². The van der Waals surface area contributed by atoms with Crippen LogP contribution in [0.15, 0.2) is 71.8 Å². The predicted molar refractivity (Wildman–Crippen MR) is 98.2 cm³/mol. The lowest BCUT2D eigenvalue weighted by Gasteiger charge is -2.27. The normalized spacial score (nSPS) is 17.9. The first kappa shape index (κ1) is 18.7. The monoisotopic (exact) mass is 387 g/mol. The molecule has 9 heteroatoms. The van der Waals surface area contributed by atoms with E-state index in [1.807, 2.05) is 30.3 Å². The van der Waals surface area contributed by atoms with Gasteiger partial charge in [-0.1, -0.05) is 36.4 Å². The van der Waals surface area contributed by atoms with Crippen molar-refractivity contribution >= 4 is 21.6 Å². The number of carbonyl (C=O) groups excluding carboxylic acids is 1. The van der Waals surface area contributed by atoms with Gasteiger partial charge in [-0.05, 0) is 24.1 Å². The lowest BCUT2D eigenvalue weighted by atomic mass is 10.1. The number of nitro benzene ring substituents is 1. The maximum Gasteiger partial charge on any atom is 0.269 e. The molecule has 0 radical (unpaired) electrons. The molecule has 0 spiro atoms. The molecule has 0 saturated carbocycles. The summed E-state index contributed by atoms with van der Waals surface area (Å²) < 4.78 is 27.3. The molecule has 0 aromatic heterocycles. The van der Waals surface area contributed by atoms with Crippen LogP contribution in [0, 0.1) is 10.1 Å². The first-order valence-corrected chi connectivity index (χ1v) is 9.59. The molecule has 0 unspecified atom stereocenters. The second-order valence-corrected chi connectivity index (χ2v) is 7.83. The van der Waals surface area contributed by atoms with Gasteiger partial charge in [-0.25, -0.2) is 8.42 Å². The van der Waals surface area contributed by atoms with Crippen LogP contribution < -0.4 is 5.32 Å². The molecule has 2 aromatic rings. The average Bonchev–Trinajstić information content (AvgIpc) is 2.85. The van der Waals surface area contributed by atoms with Crippen molar-refractivity contribution in [2.24, 2.45) is 0 Å². The van der Waals surface area contributed by atoms with E-state index in [0.29, 0.717) is 0 Å². The molecule has 1 heterocycles. The van der Waals surface area contributed by atoms with E-state index >= 15 is 0 Å². The van der Waals surface area contributed by atoms with Crippen LogP contribution >= 0.6 is 0 Å². The van der Waals surface area contributed by atoms with Crippen LogP contribution in [0.25, 0.3) is 0 Å². The third kappa shape index (κ3) is 4.04. The Kier molecular flexibility index (Phi) is 5.33. The van der Waals surface area contributed by atoms with Crippen molar-refractivity contribution in [2.45, 2.75) is 17.4 Å². The van der Waals surface area contributed by atoms with Gasteiger partial charge in [0.15, 0.2) is 0 Å². The van der Waals surface area contributed by atoms with Gasteiger partial charge in [0.2, 0.25) is 15.9 Å². The maximum atomic E-state index is 13.1. The highest BCUT2D eigenvalue weighted by Gasteiger charge is 2.36. The van der Waals surface area contributed by atoms with Crippen molar-refractivity contribution in [1.29, 1.82) is 0 Å². The minimum atomic E-state index is -4.03. The van der Waals surface area contributed by atoms with Gasteiger partial charge in [0.1, 0.15) is 6.04 Å². The molecule has 8 nitrogen and oxygen atoms in total. The fourth-order valence-corrected chi connectivity index (χ4v) is 4.36. The number of carbonyl (C=O) groups is 1. The molecule has 0 saturated heterocycles. The zero-order chi connectivity index (χ0) is 19.4. The minimum Gasteiger partial charge on any atom is -0.332 e. The van der Waals surface area contributed by atoms with E-state index in [2.05, 4.69) is 5.32 Å². The smallest absolute Gasteiger partial charge is 0.269 e. The largest absolute Gasteiger partial charge is 0.332 e. The Balaban J connectivity index is 1.97. The van der Waals surface area contributed by atoms with E-state index < -0.39 is 26.9 Å². The molecule has 1 atom stereocenters. The number of nitrogens with zero attached hydrogens (tertiary/aromatic N) is 2. The number of sulfonamides is 1. The molecular formula is C18H17N3O5S. The van der Waals surface area contributed by atoms with Crippen LogP contribution in [0.5, 0.6) is 0 Å². The number of benzene rings is 2. The molecule has 1 aliphatic heterocycles. The standard InChI is InChI=1S/C18H17N3O5S/c22-18-17(13-14-5-2-1-3-6-14)20(12-4-11-19-18)27(25,26)16-9-7-15(8-10-16)21(23)24/h1-11,17H,12-13H2,(H,19,22)/t17-/m0/s1. The van der Waals surface area contributed by atoms with E-state index in [1.54, 1.807) is 6.08 Å². The van der Waals surface area contributed by atoms with Crippen molar-refractivity contribution in [3.05, 3.63) is 82.6 Å². The van der Waals surface area contributed by atoms with Crippen LogP contribution in [0.2, 0.25) is 0 Å². The van der Waals surface area contributed by atoms with Crippen LogP contribution in [0.1, 0.15) is 5.56 Å². The number of hydrogen-bond donors (Lipinski definition) is 1. The van der Waals surface area contributed by atoms with Crippen molar-refractivity contribution in [3.8, 4) is 0 Å². The zero-order valence-electron chi connectivity index (χ0n) is 14.2. The highest BCUT2D eigenvalue weighted by atomic mass is 32.2. The summed E-state index contributed by atoms with van der Waals surface area (Å²) in [5, 5.41) is 13.4. The Bertz CT molecular complexity index is 972. The summed E-state index contributed by atoms with van der Waals surface area (Å²) in [5.41, 5.74) is 0.617. The summed E-state index contributed by atoms with van der Waals surface area (Å²) in [6.07, 6.45) is 3.18. The van der Waals surface area contributed by atoms with Gasteiger partial charge >= 0.3 is 0 Å². The third-order valence-corrected chi connectivity index (χ3v) is 6.09. The quantitative estimate of drug-likeness (QED) is 0.622. The topological polar surface area (TPSA) is 110 Å². The van der Waals surface area contributed by atoms with Gasteiger partial charge in [-0.2, -0.15) is 4.31 Å². The number of hydrogen-bond acceptors (Lipinski definition) is 5. The molecule has 0 bridgehead atoms. The van der Waals surface area contributed by atoms with Crippen molar-refractivity contribution in [3.63, 3.8) is 0 Å². The molecule has 1 amide bonds. The Hall–Kier alpha value is -3.04. The van der Waals surface area contributed by atoms with Gasteiger partial charge in [0.05, 0.1) is 9.82 Å². The summed E-state index contributed by atoms with van der Waals surface area (Å²) in [6.45, 7) is 0.00949. The van der Waals surface area contributed by atoms with E-state index in [-0.39, 0.29) is 23.5 Å². The van der Waals surface area contributed by atoms with Crippen LogP contribution in [0.4, 0.5) is 5.69 Å². The number of nitro groups is 1. The first-order valence-electron chi connectivity index (χ1n) is 8.15. The number of amides is 1. The lowest BCUT2D eigenvalue weighted by molar-refractivity contribution is -0.384. The van der Waals surface area contributed by atoms with Crippen LogP contribution in [-0.2, 0) is 21.2 Å². The molecule has 1 N–H and O–H groups in total. The van der Waals surface area contributed by atoms with Crippen molar-refractivity contribution in [2.75, 3.05) is 6.54 Å². The van der Waals surface area contributed by atoms with Gasteiger partial charge in [0, 0.05) is 24.9 Å². The molecule has 3 rings (SSSR count). The molecule has 27 heavy (non-hydrogen) atoms. The molecule has 140 valence electrons. The Labute approximate surface area is 156 Å². The maximum absolute atomic E-state index is 13.1. The summed E-state index contributed by atoms with van der Waals surface area (Å²) in [4.78, 5) is 22.6. The van der Waals surface area contributed by atoms with Crippen molar-refractivity contribution in [1.82, 2.24) is 9.62 Å². The second kappa shape index (κ2) is 7.68. The second-order valence-electron chi connectivity index (χ2n) is 5.94. The zero-order valence-corrected chi connectivity index (χ0v) is 15.0. The SMILES string of the molecule is O=C1NC=CCN(S(=O)(=O)c2ccc([N+](=O)[O-])cc2)[C@H]1Cc1ccccc1. The van der Waals surface area contributed by atoms with E-state index in [0.717, 1.165) is 22.0 Å². The Morgan fingerprint density at radius 3 is 2.41 bits per heavy atom. The minimum absolute atomic E-state index is 0.00949. The van der Waals surface area contributed by atoms with Crippen molar-refractivity contribution < 1.29 is 18.1 Å². The van der Waals surface area contributed by atoms with E-state index in [4.69, 9.17) is 0 Å². The Morgan fingerprint density at radius 1 is 1.11 bits per heavy atom. The van der Waals surface area contributed by atoms with Gasteiger partial charge in [0.25, 0.3) is 5.69 Å². The number of rotatable bonds is 5. The van der Waals surface area contributed by atoms with Crippen LogP contribution in [0.3, 0.4) is 0 Å². The lowest BCUT2D eigenvalue weighted by Crippen LogP contribution is -2.48. The predicted octanol–water partition coefficient (Wildman–Crippen LogP) is 1.84. The molecule has 1 aliphatic rings. The number of non-ortho nitro benzene ring substituents is 1.